The van der Waals surface area contributed by atoms with Crippen LogP contribution in [0.2, 0.25) is 0 Å². The lowest BCUT2D eigenvalue weighted by atomic mass is 10.2. The van der Waals surface area contributed by atoms with Crippen molar-refractivity contribution in [2.24, 2.45) is 5.73 Å². The molecular weight excluding hydrogens is 206 g/mol. The third-order valence-corrected chi connectivity index (χ3v) is 2.55. The van der Waals surface area contributed by atoms with Gasteiger partial charge in [-0.15, -0.1) is 11.3 Å². The highest BCUT2D eigenvalue weighted by molar-refractivity contribution is 7.10. The standard InChI is InChI=1S/C12H17NOS/c1-12(2,3)14-8-11-7-10(9-15-11)5-4-6-13/h7,9H,6,8,13H2,1-3H3. The van der Waals surface area contributed by atoms with E-state index >= 15 is 0 Å². The van der Waals surface area contributed by atoms with Crippen LogP contribution in [0.3, 0.4) is 0 Å². The fourth-order valence-corrected chi connectivity index (χ4v) is 1.69. The summed E-state index contributed by atoms with van der Waals surface area (Å²) in [6.45, 7) is 7.21. The summed E-state index contributed by atoms with van der Waals surface area (Å²) in [5, 5.41) is 2.03. The zero-order chi connectivity index (χ0) is 11.3. The molecule has 1 heterocycles. The largest absolute Gasteiger partial charge is 0.370 e. The fraction of sp³-hybridized carbons (Fsp3) is 0.500. The van der Waals surface area contributed by atoms with Crippen LogP contribution >= 0.6 is 11.3 Å². The summed E-state index contributed by atoms with van der Waals surface area (Å²) in [6, 6.07) is 2.05. The minimum Gasteiger partial charge on any atom is -0.370 e. The molecule has 15 heavy (non-hydrogen) atoms. The van der Waals surface area contributed by atoms with Crippen molar-refractivity contribution in [3.63, 3.8) is 0 Å². The lowest BCUT2D eigenvalue weighted by molar-refractivity contribution is -0.0136. The van der Waals surface area contributed by atoms with Crippen molar-refractivity contribution in [1.29, 1.82) is 0 Å². The molecule has 82 valence electrons. The Morgan fingerprint density at radius 2 is 2.20 bits per heavy atom. The molecule has 1 aromatic heterocycles. The van der Waals surface area contributed by atoms with Crippen LogP contribution in [0.15, 0.2) is 11.4 Å². The normalized spacial score (nSPS) is 10.9. The van der Waals surface area contributed by atoms with Crippen LogP contribution in [-0.4, -0.2) is 12.1 Å². The van der Waals surface area contributed by atoms with Gasteiger partial charge in [-0.05, 0) is 26.8 Å². The summed E-state index contributed by atoms with van der Waals surface area (Å²) in [6.07, 6.45) is 0. The van der Waals surface area contributed by atoms with Crippen LogP contribution < -0.4 is 5.73 Å². The van der Waals surface area contributed by atoms with E-state index in [4.69, 9.17) is 10.5 Å². The number of rotatable bonds is 2. The van der Waals surface area contributed by atoms with Crippen molar-refractivity contribution in [3.05, 3.63) is 21.9 Å². The summed E-state index contributed by atoms with van der Waals surface area (Å²) in [5.41, 5.74) is 6.24. The van der Waals surface area contributed by atoms with Gasteiger partial charge in [0.2, 0.25) is 0 Å². The van der Waals surface area contributed by atoms with E-state index in [0.717, 1.165) is 5.56 Å². The molecule has 0 bridgehead atoms. The van der Waals surface area contributed by atoms with Gasteiger partial charge in [0.15, 0.2) is 0 Å². The van der Waals surface area contributed by atoms with Crippen LogP contribution in [0.4, 0.5) is 0 Å². The maximum atomic E-state index is 5.67. The molecule has 0 aliphatic rings. The number of thiophene rings is 1. The smallest absolute Gasteiger partial charge is 0.0816 e. The van der Waals surface area contributed by atoms with Crippen molar-refractivity contribution >= 4 is 11.3 Å². The highest BCUT2D eigenvalue weighted by Crippen LogP contribution is 2.18. The summed E-state index contributed by atoms with van der Waals surface area (Å²) in [5.74, 6) is 5.84. The molecule has 2 N–H and O–H groups in total. The molecule has 0 fully saturated rings. The number of nitrogens with two attached hydrogens (primary N) is 1. The van der Waals surface area contributed by atoms with E-state index in [9.17, 15) is 0 Å². The summed E-state index contributed by atoms with van der Waals surface area (Å²) in [7, 11) is 0. The zero-order valence-corrected chi connectivity index (χ0v) is 10.3. The molecule has 0 unspecified atom stereocenters. The van der Waals surface area contributed by atoms with Crippen LogP contribution in [0, 0.1) is 11.8 Å². The Bertz CT molecular complexity index is 365. The van der Waals surface area contributed by atoms with Gasteiger partial charge in [-0.25, -0.2) is 0 Å². The highest BCUT2D eigenvalue weighted by atomic mass is 32.1. The molecule has 0 radical (unpaired) electrons. The molecule has 3 heteroatoms. The first-order chi connectivity index (χ1) is 7.01. The molecule has 0 aliphatic heterocycles. The predicted molar refractivity (Wildman–Crippen MR) is 64.8 cm³/mol. The molecule has 0 atom stereocenters. The van der Waals surface area contributed by atoms with Gasteiger partial charge >= 0.3 is 0 Å². The third-order valence-electron chi connectivity index (χ3n) is 1.64. The van der Waals surface area contributed by atoms with Crippen molar-refractivity contribution < 1.29 is 4.74 Å². The van der Waals surface area contributed by atoms with Crippen LogP contribution in [0.25, 0.3) is 0 Å². The summed E-state index contributed by atoms with van der Waals surface area (Å²) >= 11 is 1.67. The fourth-order valence-electron chi connectivity index (χ4n) is 0.963. The van der Waals surface area contributed by atoms with E-state index in [-0.39, 0.29) is 5.60 Å². The minimum absolute atomic E-state index is 0.0902. The average Bonchev–Trinajstić information content (AvgIpc) is 2.58. The second-order valence-electron chi connectivity index (χ2n) is 4.21. The Morgan fingerprint density at radius 3 is 2.80 bits per heavy atom. The van der Waals surface area contributed by atoms with E-state index in [1.807, 2.05) is 5.38 Å². The van der Waals surface area contributed by atoms with Gasteiger partial charge in [0.1, 0.15) is 0 Å². The van der Waals surface area contributed by atoms with Gasteiger partial charge in [0.25, 0.3) is 0 Å². The Morgan fingerprint density at radius 1 is 1.47 bits per heavy atom. The average molecular weight is 223 g/mol. The quantitative estimate of drug-likeness (QED) is 0.781. The van der Waals surface area contributed by atoms with Gasteiger partial charge in [0.05, 0.1) is 18.8 Å². The molecule has 1 aromatic rings. The Balaban J connectivity index is 2.53. The van der Waals surface area contributed by atoms with Gasteiger partial charge in [-0.3, -0.25) is 0 Å². The van der Waals surface area contributed by atoms with Crippen molar-refractivity contribution in [2.75, 3.05) is 6.54 Å². The zero-order valence-electron chi connectivity index (χ0n) is 9.46. The van der Waals surface area contributed by atoms with Crippen LogP contribution in [0.5, 0.6) is 0 Å². The van der Waals surface area contributed by atoms with Crippen molar-refractivity contribution in [3.8, 4) is 11.8 Å². The molecule has 1 rings (SSSR count). The lowest BCUT2D eigenvalue weighted by Gasteiger charge is -2.18. The SMILES string of the molecule is CC(C)(C)OCc1cc(C#CCN)cs1. The monoisotopic (exact) mass is 223 g/mol. The van der Waals surface area contributed by atoms with Crippen molar-refractivity contribution in [2.45, 2.75) is 33.0 Å². The van der Waals surface area contributed by atoms with Gasteiger partial charge < -0.3 is 10.5 Å². The molecule has 2 nitrogen and oxygen atoms in total. The van der Waals surface area contributed by atoms with Gasteiger partial charge in [0, 0.05) is 15.8 Å². The number of ether oxygens (including phenoxy) is 1. The Hall–Kier alpha value is -0.820. The van der Waals surface area contributed by atoms with Crippen molar-refractivity contribution in [1.82, 2.24) is 0 Å². The van der Waals surface area contributed by atoms with E-state index in [1.54, 1.807) is 11.3 Å². The molecule has 0 saturated carbocycles. The van der Waals surface area contributed by atoms with Crippen LogP contribution in [0.1, 0.15) is 31.2 Å². The predicted octanol–water partition coefficient (Wildman–Crippen LogP) is 2.37. The van der Waals surface area contributed by atoms with Crippen LogP contribution in [-0.2, 0) is 11.3 Å². The Kier molecular flexibility index (Phi) is 4.34. The molecular formula is C12H17NOS. The molecule has 0 spiro atoms. The first-order valence-electron chi connectivity index (χ1n) is 4.91. The minimum atomic E-state index is -0.0902. The van der Waals surface area contributed by atoms with E-state index in [1.165, 1.54) is 4.88 Å². The second-order valence-corrected chi connectivity index (χ2v) is 5.20. The molecule has 0 aromatic carbocycles. The first-order valence-corrected chi connectivity index (χ1v) is 5.79. The van der Waals surface area contributed by atoms with E-state index in [2.05, 4.69) is 38.7 Å². The first kappa shape index (κ1) is 12.3. The van der Waals surface area contributed by atoms with E-state index < -0.39 is 0 Å². The topological polar surface area (TPSA) is 35.2 Å². The maximum Gasteiger partial charge on any atom is 0.0816 e. The van der Waals surface area contributed by atoms with E-state index in [0.29, 0.717) is 13.2 Å². The molecule has 0 saturated heterocycles. The van der Waals surface area contributed by atoms with Gasteiger partial charge in [-0.1, -0.05) is 11.8 Å². The summed E-state index contributed by atoms with van der Waals surface area (Å²) < 4.78 is 5.67. The lowest BCUT2D eigenvalue weighted by Crippen LogP contribution is -2.18. The maximum absolute atomic E-state index is 5.67. The second kappa shape index (κ2) is 5.32. The highest BCUT2D eigenvalue weighted by Gasteiger charge is 2.10. The molecule has 0 aliphatic carbocycles. The number of hydrogen-bond acceptors (Lipinski definition) is 3. The Labute approximate surface area is 95.4 Å². The third kappa shape index (κ3) is 4.98. The molecule has 0 amide bonds. The number of hydrogen-bond donors (Lipinski definition) is 1. The summed E-state index contributed by atoms with van der Waals surface area (Å²) in [4.78, 5) is 1.20. The van der Waals surface area contributed by atoms with Gasteiger partial charge in [-0.2, -0.15) is 0 Å².